The van der Waals surface area contributed by atoms with Crippen LogP contribution in [0.15, 0.2) is 42.5 Å². The van der Waals surface area contributed by atoms with Crippen LogP contribution in [-0.2, 0) is 22.7 Å². The highest BCUT2D eigenvalue weighted by molar-refractivity contribution is 6.31. The highest BCUT2D eigenvalue weighted by Crippen LogP contribution is 2.31. The maximum Gasteiger partial charge on any atom is 0.256 e. The number of anilines is 1. The van der Waals surface area contributed by atoms with Gasteiger partial charge in [-0.25, -0.2) is 5.01 Å². The van der Waals surface area contributed by atoms with Crippen LogP contribution in [0.4, 0.5) is 5.69 Å². The van der Waals surface area contributed by atoms with Crippen molar-refractivity contribution in [2.45, 2.75) is 13.1 Å². The Labute approximate surface area is 194 Å². The first-order chi connectivity index (χ1) is 15.4. The van der Waals surface area contributed by atoms with E-state index in [1.807, 2.05) is 24.2 Å². The van der Waals surface area contributed by atoms with Gasteiger partial charge in [0.25, 0.3) is 5.91 Å². The number of carbonyl (C=O) groups is 2. The van der Waals surface area contributed by atoms with Crippen molar-refractivity contribution in [2.75, 3.05) is 52.3 Å². The van der Waals surface area contributed by atoms with Crippen molar-refractivity contribution in [3.05, 3.63) is 58.6 Å². The number of carbonyl (C=O) groups excluding carboxylic acids is 2. The normalized spacial score (nSPS) is 12.9. The fourth-order valence-electron chi connectivity index (χ4n) is 3.64. The van der Waals surface area contributed by atoms with Crippen LogP contribution in [0.2, 0.25) is 5.02 Å². The number of fused-ring (bicyclic) bond motifs is 1. The fraction of sp³-hybridized carbons (Fsp3) is 0.391. The first-order valence-electron chi connectivity index (χ1n) is 10.5. The van der Waals surface area contributed by atoms with Crippen LogP contribution in [-0.4, -0.2) is 69.2 Å². The molecule has 0 saturated carbocycles. The summed E-state index contributed by atoms with van der Waals surface area (Å²) in [4.78, 5) is 27.5. The minimum absolute atomic E-state index is 0.000220. The van der Waals surface area contributed by atoms with Crippen LogP contribution in [0.3, 0.4) is 0 Å². The van der Waals surface area contributed by atoms with E-state index in [1.165, 1.54) is 11.1 Å². The van der Waals surface area contributed by atoms with Crippen molar-refractivity contribution in [2.24, 2.45) is 0 Å². The summed E-state index contributed by atoms with van der Waals surface area (Å²) in [5, 5.41) is 9.96. The van der Waals surface area contributed by atoms with Crippen molar-refractivity contribution in [3.8, 4) is 5.75 Å². The Morgan fingerprint density at radius 2 is 1.78 bits per heavy atom. The second-order valence-electron chi connectivity index (χ2n) is 7.63. The predicted molar refractivity (Wildman–Crippen MR) is 126 cm³/mol. The number of halogens is 1. The number of methoxy groups -OCH3 is 1. The van der Waals surface area contributed by atoms with Crippen LogP contribution in [0, 0.1) is 0 Å². The lowest BCUT2D eigenvalue weighted by atomic mass is 10.1. The number of hydrazine groups is 1. The lowest BCUT2D eigenvalue weighted by molar-refractivity contribution is -0.145. The zero-order valence-corrected chi connectivity index (χ0v) is 19.5. The number of nitrogens with zero attached hydrogens (tertiary/aromatic N) is 3. The molecule has 2 aromatic rings. The summed E-state index contributed by atoms with van der Waals surface area (Å²) >= 11 is 6.22. The Hall–Kier alpha value is -2.81. The van der Waals surface area contributed by atoms with Gasteiger partial charge in [-0.15, -0.1) is 0 Å². The van der Waals surface area contributed by atoms with Crippen molar-refractivity contribution in [1.82, 2.24) is 20.7 Å². The highest BCUT2D eigenvalue weighted by atomic mass is 35.5. The number of hydrogen-bond acceptors (Lipinski definition) is 6. The average Bonchev–Trinajstić information content (AvgIpc) is 3.22. The van der Waals surface area contributed by atoms with E-state index in [-0.39, 0.29) is 24.9 Å². The summed E-state index contributed by atoms with van der Waals surface area (Å²) in [7, 11) is 5.13. The Kier molecular flexibility index (Phi) is 8.33. The molecule has 0 unspecified atom stereocenters. The van der Waals surface area contributed by atoms with Gasteiger partial charge in [-0.2, -0.15) is 0 Å². The average molecular weight is 460 g/mol. The highest BCUT2D eigenvalue weighted by Gasteiger charge is 2.27. The molecule has 0 aliphatic carbocycles. The van der Waals surface area contributed by atoms with Gasteiger partial charge in [-0.05, 0) is 36.4 Å². The zero-order valence-electron chi connectivity index (χ0n) is 18.7. The number of ether oxygens (including phenoxy) is 1. The first-order valence-corrected chi connectivity index (χ1v) is 10.9. The number of benzene rings is 2. The van der Waals surface area contributed by atoms with Crippen molar-refractivity contribution < 1.29 is 14.3 Å². The Balaban J connectivity index is 1.75. The Morgan fingerprint density at radius 3 is 2.41 bits per heavy atom. The first kappa shape index (κ1) is 23.8. The van der Waals surface area contributed by atoms with Gasteiger partial charge in [0.05, 0.1) is 25.9 Å². The van der Waals surface area contributed by atoms with Crippen LogP contribution < -0.4 is 20.3 Å². The summed E-state index contributed by atoms with van der Waals surface area (Å²) < 4.78 is 5.47. The van der Waals surface area contributed by atoms with E-state index in [9.17, 15) is 9.59 Å². The third-order valence-electron chi connectivity index (χ3n) is 5.45. The summed E-state index contributed by atoms with van der Waals surface area (Å²) in [6.07, 6.45) is 0. The number of rotatable bonds is 10. The van der Waals surface area contributed by atoms with Crippen molar-refractivity contribution in [1.29, 1.82) is 0 Å². The molecule has 2 amide bonds. The molecule has 32 heavy (non-hydrogen) atoms. The largest absolute Gasteiger partial charge is 0.495 e. The van der Waals surface area contributed by atoms with Gasteiger partial charge < -0.3 is 20.3 Å². The second kappa shape index (κ2) is 11.2. The minimum Gasteiger partial charge on any atom is -0.495 e. The molecule has 8 nitrogen and oxygen atoms in total. The zero-order chi connectivity index (χ0) is 23.1. The Bertz CT molecular complexity index is 930. The number of nitrogens with one attached hydrogen (secondary N) is 2. The van der Waals surface area contributed by atoms with Gasteiger partial charge in [0.15, 0.2) is 0 Å². The van der Waals surface area contributed by atoms with E-state index in [0.717, 1.165) is 0 Å². The maximum absolute atomic E-state index is 13.2. The lowest BCUT2D eigenvalue weighted by Crippen LogP contribution is -2.48. The van der Waals surface area contributed by atoms with Crippen LogP contribution in [0.1, 0.15) is 11.1 Å². The molecular weight excluding hydrogens is 430 g/mol. The molecule has 1 aliphatic heterocycles. The molecule has 0 fully saturated rings. The van der Waals surface area contributed by atoms with E-state index in [2.05, 4.69) is 22.8 Å². The van der Waals surface area contributed by atoms with E-state index >= 15 is 0 Å². The molecule has 172 valence electrons. The van der Waals surface area contributed by atoms with E-state index in [4.69, 9.17) is 16.3 Å². The molecule has 2 aromatic carbocycles. The Morgan fingerprint density at radius 1 is 1.09 bits per heavy atom. The molecule has 0 spiro atoms. The van der Waals surface area contributed by atoms with Crippen LogP contribution >= 0.6 is 11.6 Å². The lowest BCUT2D eigenvalue weighted by Gasteiger charge is -2.31. The quantitative estimate of drug-likeness (QED) is 0.528. The van der Waals surface area contributed by atoms with Gasteiger partial charge in [0, 0.05) is 38.2 Å². The van der Waals surface area contributed by atoms with Gasteiger partial charge in [-0.3, -0.25) is 14.6 Å². The molecule has 1 aliphatic rings. The van der Waals surface area contributed by atoms with Gasteiger partial charge >= 0.3 is 0 Å². The SMILES string of the molecule is CNCCNC(=O)CN(CC(=O)N(C)N1Cc2ccccc2C1)c1cc(Cl)ccc1OC. The van der Waals surface area contributed by atoms with E-state index in [0.29, 0.717) is 42.6 Å². The fourth-order valence-corrected chi connectivity index (χ4v) is 3.81. The third kappa shape index (κ3) is 5.91. The standard InChI is InChI=1S/C23H30ClN5O3/c1-25-10-11-26-22(30)15-28(20-12-19(24)8-9-21(20)32-3)16-23(31)27(2)29-13-17-6-4-5-7-18(17)14-29/h4-9,12,25H,10-11,13-16H2,1-3H3,(H,26,30). The molecule has 0 radical (unpaired) electrons. The maximum atomic E-state index is 13.2. The molecule has 3 rings (SSSR count). The molecule has 0 saturated heterocycles. The molecule has 1 heterocycles. The monoisotopic (exact) mass is 459 g/mol. The van der Waals surface area contributed by atoms with Crippen molar-refractivity contribution in [3.63, 3.8) is 0 Å². The van der Waals surface area contributed by atoms with Crippen LogP contribution in [0.5, 0.6) is 5.75 Å². The minimum atomic E-state index is -0.189. The molecule has 0 atom stereocenters. The summed E-state index contributed by atoms with van der Waals surface area (Å²) in [6, 6.07) is 13.3. The van der Waals surface area contributed by atoms with E-state index < -0.39 is 0 Å². The van der Waals surface area contributed by atoms with E-state index in [1.54, 1.807) is 42.3 Å². The smallest absolute Gasteiger partial charge is 0.256 e. The molecule has 2 N–H and O–H groups in total. The summed E-state index contributed by atoms with van der Waals surface area (Å²) in [5.74, 6) is 0.218. The number of hydrogen-bond donors (Lipinski definition) is 2. The molecule has 0 aromatic heterocycles. The van der Waals surface area contributed by atoms with Crippen LogP contribution in [0.25, 0.3) is 0 Å². The molecular formula is C23H30ClN5O3. The molecule has 0 bridgehead atoms. The van der Waals surface area contributed by atoms with Gasteiger partial charge in [-0.1, -0.05) is 35.9 Å². The second-order valence-corrected chi connectivity index (χ2v) is 8.07. The summed E-state index contributed by atoms with van der Waals surface area (Å²) in [5.41, 5.74) is 3.02. The molecule has 9 heteroatoms. The third-order valence-corrected chi connectivity index (χ3v) is 5.68. The topological polar surface area (TPSA) is 77.1 Å². The van der Waals surface area contributed by atoms with Gasteiger partial charge in [0.1, 0.15) is 5.75 Å². The summed E-state index contributed by atoms with van der Waals surface area (Å²) in [6.45, 7) is 2.49. The van der Waals surface area contributed by atoms with Crippen molar-refractivity contribution >= 4 is 29.1 Å². The van der Waals surface area contributed by atoms with Gasteiger partial charge in [0.2, 0.25) is 5.91 Å². The predicted octanol–water partition coefficient (Wildman–Crippen LogP) is 1.88. The number of likely N-dealkylation sites (N-methyl/N-ethyl adjacent to an activating group) is 2. The number of amides is 2.